The van der Waals surface area contributed by atoms with Crippen LogP contribution in [0.3, 0.4) is 0 Å². The van der Waals surface area contributed by atoms with Crippen LogP contribution in [0, 0.1) is 19.7 Å². The van der Waals surface area contributed by atoms with Crippen molar-refractivity contribution in [2.75, 3.05) is 12.3 Å². The molecule has 2 aromatic rings. The normalized spacial score (nSPS) is 10.4. The van der Waals surface area contributed by atoms with Crippen LogP contribution < -0.4 is 5.32 Å². The smallest absolute Gasteiger partial charge is 0.251 e. The van der Waals surface area contributed by atoms with Crippen LogP contribution in [0.2, 0.25) is 0 Å². The lowest BCUT2D eigenvalue weighted by Gasteiger charge is -2.08. The number of halogens is 1. The van der Waals surface area contributed by atoms with Crippen molar-refractivity contribution in [2.45, 2.75) is 18.7 Å². The van der Waals surface area contributed by atoms with E-state index < -0.39 is 0 Å². The highest BCUT2D eigenvalue weighted by molar-refractivity contribution is 7.99. The summed E-state index contributed by atoms with van der Waals surface area (Å²) < 4.78 is 13.2. The molecule has 0 saturated heterocycles. The van der Waals surface area contributed by atoms with Crippen molar-refractivity contribution >= 4 is 17.7 Å². The van der Waals surface area contributed by atoms with Gasteiger partial charge in [-0.05, 0) is 43.7 Å². The maximum absolute atomic E-state index is 13.2. The zero-order valence-corrected chi connectivity index (χ0v) is 13.0. The number of amides is 1. The number of rotatable bonds is 5. The molecule has 1 amide bonds. The average molecular weight is 303 g/mol. The highest BCUT2D eigenvalue weighted by Crippen LogP contribution is 2.17. The van der Waals surface area contributed by atoms with Crippen LogP contribution in [0.15, 0.2) is 47.4 Å². The van der Waals surface area contributed by atoms with E-state index in [0.717, 1.165) is 11.3 Å². The summed E-state index contributed by atoms with van der Waals surface area (Å²) >= 11 is 1.68. The molecule has 2 rings (SSSR count). The molecule has 0 bridgehead atoms. The van der Waals surface area contributed by atoms with Gasteiger partial charge in [-0.15, -0.1) is 11.8 Å². The largest absolute Gasteiger partial charge is 0.351 e. The zero-order valence-electron chi connectivity index (χ0n) is 12.2. The molecule has 110 valence electrons. The number of carbonyl (C=O) groups excluding carboxylic acids is 1. The van der Waals surface area contributed by atoms with Gasteiger partial charge >= 0.3 is 0 Å². The Kier molecular flexibility index (Phi) is 5.39. The summed E-state index contributed by atoms with van der Waals surface area (Å²) in [5.41, 5.74) is 2.41. The average Bonchev–Trinajstić information content (AvgIpc) is 2.47. The molecule has 0 spiro atoms. The van der Waals surface area contributed by atoms with Gasteiger partial charge in [0.1, 0.15) is 5.82 Å². The van der Waals surface area contributed by atoms with E-state index in [1.54, 1.807) is 24.8 Å². The molecule has 0 aliphatic rings. The fourth-order valence-electron chi connectivity index (χ4n) is 1.90. The third-order valence-electron chi connectivity index (χ3n) is 3.12. The standard InChI is InChI=1S/C17H18FNOS/c1-12-3-7-15(8-4-12)21-10-9-19-17(20)16-11-14(18)6-5-13(16)2/h3-8,11H,9-10H2,1-2H3,(H,19,20). The van der Waals surface area contributed by atoms with Gasteiger partial charge in [-0.2, -0.15) is 0 Å². The third kappa shape index (κ3) is 4.60. The predicted molar refractivity (Wildman–Crippen MR) is 85.4 cm³/mol. The van der Waals surface area contributed by atoms with Gasteiger partial charge in [0.05, 0.1) is 0 Å². The van der Waals surface area contributed by atoms with Gasteiger partial charge in [-0.3, -0.25) is 4.79 Å². The molecule has 0 saturated carbocycles. The van der Waals surface area contributed by atoms with Crippen molar-refractivity contribution in [3.8, 4) is 0 Å². The van der Waals surface area contributed by atoms with E-state index in [9.17, 15) is 9.18 Å². The predicted octanol–water partition coefficient (Wildman–Crippen LogP) is 3.96. The minimum absolute atomic E-state index is 0.225. The Bertz CT molecular complexity index is 625. The molecular weight excluding hydrogens is 285 g/mol. The van der Waals surface area contributed by atoms with Crippen LogP contribution in [-0.2, 0) is 0 Å². The molecule has 2 nitrogen and oxygen atoms in total. The quantitative estimate of drug-likeness (QED) is 0.669. The van der Waals surface area contributed by atoms with Crippen LogP contribution in [0.1, 0.15) is 21.5 Å². The van der Waals surface area contributed by atoms with Crippen LogP contribution in [0.5, 0.6) is 0 Å². The minimum Gasteiger partial charge on any atom is -0.351 e. The fraction of sp³-hybridized carbons (Fsp3) is 0.235. The molecule has 0 heterocycles. The highest BCUT2D eigenvalue weighted by Gasteiger charge is 2.09. The van der Waals surface area contributed by atoms with Gasteiger partial charge in [0, 0.05) is 22.8 Å². The molecule has 0 radical (unpaired) electrons. The van der Waals surface area contributed by atoms with Crippen molar-refractivity contribution < 1.29 is 9.18 Å². The summed E-state index contributed by atoms with van der Waals surface area (Å²) in [6, 6.07) is 12.5. The topological polar surface area (TPSA) is 29.1 Å². The first-order chi connectivity index (χ1) is 10.1. The maximum atomic E-state index is 13.2. The minimum atomic E-state index is -0.389. The second-order valence-electron chi connectivity index (χ2n) is 4.88. The molecule has 0 aromatic heterocycles. The molecular formula is C17H18FNOS. The number of aryl methyl sites for hydroxylation is 2. The van der Waals surface area contributed by atoms with E-state index >= 15 is 0 Å². The first kappa shape index (κ1) is 15.6. The molecule has 4 heteroatoms. The summed E-state index contributed by atoms with van der Waals surface area (Å²) in [6.07, 6.45) is 0. The second-order valence-corrected chi connectivity index (χ2v) is 6.04. The highest BCUT2D eigenvalue weighted by atomic mass is 32.2. The van der Waals surface area contributed by atoms with Crippen molar-refractivity contribution in [2.24, 2.45) is 0 Å². The Balaban J connectivity index is 1.81. The van der Waals surface area contributed by atoms with Crippen molar-refractivity contribution in [1.82, 2.24) is 5.32 Å². The van der Waals surface area contributed by atoms with E-state index in [1.807, 2.05) is 0 Å². The first-order valence-electron chi connectivity index (χ1n) is 6.80. The van der Waals surface area contributed by atoms with Gasteiger partial charge in [-0.1, -0.05) is 23.8 Å². The van der Waals surface area contributed by atoms with Gasteiger partial charge in [0.15, 0.2) is 0 Å². The van der Waals surface area contributed by atoms with Gasteiger partial charge in [0.25, 0.3) is 5.91 Å². The number of nitrogens with one attached hydrogen (secondary N) is 1. The maximum Gasteiger partial charge on any atom is 0.251 e. The molecule has 0 atom stereocenters. The Morgan fingerprint density at radius 1 is 1.14 bits per heavy atom. The van der Waals surface area contributed by atoms with Gasteiger partial charge in [0.2, 0.25) is 0 Å². The number of hydrogen-bond donors (Lipinski definition) is 1. The Morgan fingerprint density at radius 2 is 1.86 bits per heavy atom. The van der Waals surface area contributed by atoms with Crippen molar-refractivity contribution in [1.29, 1.82) is 0 Å². The summed E-state index contributed by atoms with van der Waals surface area (Å²) in [5.74, 6) is 0.166. The SMILES string of the molecule is Cc1ccc(SCCNC(=O)c2cc(F)ccc2C)cc1. The van der Waals surface area contributed by atoms with Crippen LogP contribution in [-0.4, -0.2) is 18.2 Å². The summed E-state index contributed by atoms with van der Waals surface area (Å²) in [4.78, 5) is 13.2. The van der Waals surface area contributed by atoms with Crippen molar-refractivity contribution in [3.05, 3.63) is 65.0 Å². The van der Waals surface area contributed by atoms with Crippen LogP contribution >= 0.6 is 11.8 Å². The Hall–Kier alpha value is -1.81. The van der Waals surface area contributed by atoms with Crippen molar-refractivity contribution in [3.63, 3.8) is 0 Å². The van der Waals surface area contributed by atoms with E-state index in [0.29, 0.717) is 12.1 Å². The second kappa shape index (κ2) is 7.27. The van der Waals surface area contributed by atoms with E-state index in [4.69, 9.17) is 0 Å². The Morgan fingerprint density at radius 3 is 2.57 bits per heavy atom. The summed E-state index contributed by atoms with van der Waals surface area (Å²) in [7, 11) is 0. The molecule has 2 aromatic carbocycles. The zero-order chi connectivity index (χ0) is 15.2. The molecule has 0 unspecified atom stereocenters. The van der Waals surface area contributed by atoms with Gasteiger partial charge < -0.3 is 5.32 Å². The van der Waals surface area contributed by atoms with Crippen LogP contribution in [0.25, 0.3) is 0 Å². The first-order valence-corrected chi connectivity index (χ1v) is 7.78. The fourth-order valence-corrected chi connectivity index (χ4v) is 2.67. The molecule has 0 aliphatic heterocycles. The molecule has 0 aliphatic carbocycles. The number of thioether (sulfide) groups is 1. The summed E-state index contributed by atoms with van der Waals surface area (Å²) in [6.45, 7) is 4.40. The molecule has 0 fully saturated rings. The Labute approximate surface area is 128 Å². The van der Waals surface area contributed by atoms with E-state index in [1.165, 1.54) is 22.6 Å². The third-order valence-corrected chi connectivity index (χ3v) is 4.14. The molecule has 21 heavy (non-hydrogen) atoms. The number of benzene rings is 2. The van der Waals surface area contributed by atoms with E-state index in [-0.39, 0.29) is 11.7 Å². The van der Waals surface area contributed by atoms with Crippen LogP contribution in [0.4, 0.5) is 4.39 Å². The van der Waals surface area contributed by atoms with E-state index in [2.05, 4.69) is 36.5 Å². The lowest BCUT2D eigenvalue weighted by Crippen LogP contribution is -2.26. The lowest BCUT2D eigenvalue weighted by molar-refractivity contribution is 0.0955. The molecule has 1 N–H and O–H groups in total. The summed E-state index contributed by atoms with van der Waals surface area (Å²) in [5, 5.41) is 2.82. The lowest BCUT2D eigenvalue weighted by atomic mass is 10.1. The number of carbonyl (C=O) groups is 1. The monoisotopic (exact) mass is 303 g/mol. The van der Waals surface area contributed by atoms with Gasteiger partial charge in [-0.25, -0.2) is 4.39 Å². The number of hydrogen-bond acceptors (Lipinski definition) is 2.